The van der Waals surface area contributed by atoms with Crippen LogP contribution in [0.15, 0.2) is 36.4 Å². The van der Waals surface area contributed by atoms with Crippen LogP contribution < -0.4 is 15.4 Å². The number of carbonyl (C=O) groups is 3. The molecule has 1 fully saturated rings. The number of carboxylic acid groups (broad SMARTS) is 1. The molecular weight excluding hydrogens is 419 g/mol. The molecule has 1 aliphatic heterocycles. The molecule has 2 aromatic rings. The van der Waals surface area contributed by atoms with Gasteiger partial charge in [0.15, 0.2) is 0 Å². The molecule has 8 nitrogen and oxygen atoms in total. The summed E-state index contributed by atoms with van der Waals surface area (Å²) in [5.74, 6) is -5.93. The van der Waals surface area contributed by atoms with Gasteiger partial charge in [0.2, 0.25) is 5.91 Å². The fourth-order valence-corrected chi connectivity index (χ4v) is 3.40. The van der Waals surface area contributed by atoms with E-state index < -0.39 is 59.4 Å². The van der Waals surface area contributed by atoms with E-state index >= 15 is 0 Å². The van der Waals surface area contributed by atoms with E-state index in [1.165, 1.54) is 19.2 Å². The predicted octanol–water partition coefficient (Wildman–Crippen LogP) is 2.31. The molecule has 0 aromatic heterocycles. The molecule has 0 spiro atoms. The number of carbonyl (C=O) groups excluding carboxylic acids is 2. The lowest BCUT2D eigenvalue weighted by Gasteiger charge is -2.20. The van der Waals surface area contributed by atoms with Crippen LogP contribution in [0.5, 0.6) is 5.75 Å². The van der Waals surface area contributed by atoms with E-state index in [1.54, 1.807) is 0 Å². The maximum absolute atomic E-state index is 14.6. The normalized spacial score (nSPS) is 18.1. The number of urea groups is 1. The monoisotopic (exact) mass is 437 g/mol. The first-order valence-corrected chi connectivity index (χ1v) is 9.06. The Labute approximate surface area is 174 Å². The van der Waals surface area contributed by atoms with Gasteiger partial charge in [-0.1, -0.05) is 0 Å². The SMILES string of the molecule is COc1cc(F)c(C2CN(CC(=O)O)C(=O)C2NC(=O)Nc2ccc(F)cc2)c(F)c1. The molecule has 2 unspecified atom stereocenters. The fourth-order valence-electron chi connectivity index (χ4n) is 3.40. The fraction of sp³-hybridized carbons (Fsp3) is 0.250. The molecular formula is C20H18F3N3O5. The van der Waals surface area contributed by atoms with E-state index in [0.29, 0.717) is 0 Å². The van der Waals surface area contributed by atoms with E-state index in [2.05, 4.69) is 10.6 Å². The lowest BCUT2D eigenvalue weighted by molar-refractivity contribution is -0.143. The van der Waals surface area contributed by atoms with Crippen LogP contribution in [0.3, 0.4) is 0 Å². The molecule has 1 saturated heterocycles. The summed E-state index contributed by atoms with van der Waals surface area (Å²) >= 11 is 0. The Kier molecular flexibility index (Phi) is 6.33. The van der Waals surface area contributed by atoms with E-state index in [9.17, 15) is 27.6 Å². The molecule has 0 radical (unpaired) electrons. The third-order valence-electron chi connectivity index (χ3n) is 4.77. The quantitative estimate of drug-likeness (QED) is 0.643. The summed E-state index contributed by atoms with van der Waals surface area (Å²) in [4.78, 5) is 37.0. The number of hydrogen-bond donors (Lipinski definition) is 3. The molecule has 2 aromatic carbocycles. The number of carboxylic acids is 1. The van der Waals surface area contributed by atoms with Gasteiger partial charge in [-0.3, -0.25) is 9.59 Å². The number of rotatable bonds is 6. The third-order valence-corrected chi connectivity index (χ3v) is 4.77. The van der Waals surface area contributed by atoms with Crippen molar-refractivity contribution in [2.75, 3.05) is 25.5 Å². The molecule has 0 saturated carbocycles. The van der Waals surface area contributed by atoms with Gasteiger partial charge in [-0.25, -0.2) is 18.0 Å². The van der Waals surface area contributed by atoms with Crippen LogP contribution in [0, 0.1) is 17.5 Å². The van der Waals surface area contributed by atoms with Crippen molar-refractivity contribution in [3.05, 3.63) is 59.4 Å². The Morgan fingerprint density at radius 1 is 1.16 bits per heavy atom. The van der Waals surface area contributed by atoms with Crippen molar-refractivity contribution in [1.82, 2.24) is 10.2 Å². The lowest BCUT2D eigenvalue weighted by Crippen LogP contribution is -2.46. The van der Waals surface area contributed by atoms with E-state index in [-0.39, 0.29) is 18.0 Å². The second kappa shape index (κ2) is 8.94. The molecule has 0 aliphatic carbocycles. The molecule has 2 atom stereocenters. The van der Waals surface area contributed by atoms with Crippen molar-refractivity contribution in [3.63, 3.8) is 0 Å². The van der Waals surface area contributed by atoms with E-state index in [4.69, 9.17) is 9.84 Å². The van der Waals surface area contributed by atoms with E-state index in [0.717, 1.165) is 29.2 Å². The van der Waals surface area contributed by atoms with Gasteiger partial charge in [0, 0.05) is 35.8 Å². The zero-order valence-electron chi connectivity index (χ0n) is 16.2. The van der Waals surface area contributed by atoms with Gasteiger partial charge < -0.3 is 25.4 Å². The number of benzene rings is 2. The minimum atomic E-state index is -1.43. The highest BCUT2D eigenvalue weighted by molar-refractivity contribution is 5.96. The number of aliphatic carboxylic acids is 1. The van der Waals surface area contributed by atoms with E-state index in [1.807, 2.05) is 0 Å². The van der Waals surface area contributed by atoms with Crippen LogP contribution in [0.2, 0.25) is 0 Å². The number of anilines is 1. The van der Waals surface area contributed by atoms with Crippen LogP contribution in [-0.4, -0.2) is 54.2 Å². The summed E-state index contributed by atoms with van der Waals surface area (Å²) in [7, 11) is 1.23. The zero-order chi connectivity index (χ0) is 22.7. The highest BCUT2D eigenvalue weighted by Gasteiger charge is 2.45. The summed E-state index contributed by atoms with van der Waals surface area (Å²) in [5, 5.41) is 13.7. The largest absolute Gasteiger partial charge is 0.497 e. The van der Waals surface area contributed by atoms with Crippen molar-refractivity contribution in [2.45, 2.75) is 12.0 Å². The molecule has 11 heteroatoms. The number of nitrogens with one attached hydrogen (secondary N) is 2. The minimum Gasteiger partial charge on any atom is -0.497 e. The summed E-state index contributed by atoms with van der Waals surface area (Å²) < 4.78 is 47.1. The van der Waals surface area contributed by atoms with Gasteiger partial charge in [-0.15, -0.1) is 0 Å². The van der Waals surface area contributed by atoms with Gasteiger partial charge in [0.25, 0.3) is 0 Å². The molecule has 3 amide bonds. The Morgan fingerprint density at radius 2 is 1.77 bits per heavy atom. The minimum absolute atomic E-state index is 0.0796. The Morgan fingerprint density at radius 3 is 2.32 bits per heavy atom. The molecule has 1 heterocycles. The first-order valence-electron chi connectivity index (χ1n) is 9.06. The summed E-state index contributed by atoms with van der Waals surface area (Å²) in [6, 6.07) is 4.31. The zero-order valence-corrected chi connectivity index (χ0v) is 16.2. The standard InChI is InChI=1S/C20H18F3N3O5/c1-31-12-6-14(22)17(15(23)7-12)13-8-26(9-16(27)28)19(29)18(13)25-20(30)24-11-4-2-10(21)3-5-11/h2-7,13,18H,8-9H2,1H3,(H,27,28)(H2,24,25,30). The van der Waals surface area contributed by atoms with Gasteiger partial charge in [0.1, 0.15) is 35.8 Å². The maximum Gasteiger partial charge on any atom is 0.323 e. The van der Waals surface area contributed by atoms with Gasteiger partial charge in [-0.2, -0.15) is 0 Å². The van der Waals surface area contributed by atoms with Crippen molar-refractivity contribution in [2.24, 2.45) is 0 Å². The summed E-state index contributed by atoms with van der Waals surface area (Å²) in [5.41, 5.74) is -0.265. The average molecular weight is 437 g/mol. The van der Waals surface area contributed by atoms with Crippen LogP contribution in [0.4, 0.5) is 23.7 Å². The van der Waals surface area contributed by atoms with Crippen LogP contribution in [-0.2, 0) is 9.59 Å². The molecule has 0 bridgehead atoms. The number of methoxy groups -OCH3 is 1. The predicted molar refractivity (Wildman–Crippen MR) is 102 cm³/mol. The Bertz CT molecular complexity index is 993. The highest BCUT2D eigenvalue weighted by atomic mass is 19.1. The molecule has 1 aliphatic rings. The van der Waals surface area contributed by atoms with Gasteiger partial charge >= 0.3 is 12.0 Å². The van der Waals surface area contributed by atoms with Crippen LogP contribution in [0.25, 0.3) is 0 Å². The second-order valence-corrected chi connectivity index (χ2v) is 6.81. The number of halogens is 3. The first kappa shape index (κ1) is 21.9. The number of amides is 3. The molecule has 31 heavy (non-hydrogen) atoms. The Balaban J connectivity index is 1.88. The van der Waals surface area contributed by atoms with Crippen molar-refractivity contribution in [1.29, 1.82) is 0 Å². The smallest absolute Gasteiger partial charge is 0.323 e. The first-order chi connectivity index (χ1) is 14.7. The van der Waals surface area contributed by atoms with Gasteiger partial charge in [0.05, 0.1) is 7.11 Å². The van der Waals surface area contributed by atoms with Crippen LogP contribution >= 0.6 is 0 Å². The second-order valence-electron chi connectivity index (χ2n) is 6.81. The maximum atomic E-state index is 14.6. The average Bonchev–Trinajstić information content (AvgIpc) is 2.98. The molecule has 3 N–H and O–H groups in total. The number of likely N-dealkylation sites (tertiary alicyclic amines) is 1. The lowest BCUT2D eigenvalue weighted by atomic mass is 9.93. The summed E-state index contributed by atoms with van der Waals surface area (Å²) in [6.45, 7) is -1.03. The van der Waals surface area contributed by atoms with Crippen molar-refractivity contribution < 1.29 is 37.4 Å². The van der Waals surface area contributed by atoms with Crippen LogP contribution in [0.1, 0.15) is 11.5 Å². The van der Waals surface area contributed by atoms with Crippen molar-refractivity contribution in [3.8, 4) is 5.75 Å². The van der Waals surface area contributed by atoms with Crippen molar-refractivity contribution >= 4 is 23.6 Å². The number of ether oxygens (including phenoxy) is 1. The number of nitrogens with zero attached hydrogens (tertiary/aromatic N) is 1. The Hall–Kier alpha value is -3.76. The third kappa shape index (κ3) is 4.87. The van der Waals surface area contributed by atoms with Gasteiger partial charge in [-0.05, 0) is 24.3 Å². The number of hydrogen-bond acceptors (Lipinski definition) is 4. The molecule has 164 valence electrons. The summed E-state index contributed by atoms with van der Waals surface area (Å²) in [6.07, 6.45) is 0. The molecule has 3 rings (SSSR count). The highest BCUT2D eigenvalue weighted by Crippen LogP contribution is 2.34. The topological polar surface area (TPSA) is 108 Å².